The first-order chi connectivity index (χ1) is 7.60. The van der Waals surface area contributed by atoms with Crippen molar-refractivity contribution in [3.63, 3.8) is 0 Å². The van der Waals surface area contributed by atoms with E-state index >= 15 is 0 Å². The lowest BCUT2D eigenvalue weighted by molar-refractivity contribution is -0.131. The average molecular weight is 215 g/mol. The zero-order chi connectivity index (χ0) is 12.1. The lowest BCUT2D eigenvalue weighted by Gasteiger charge is -2.04. The van der Waals surface area contributed by atoms with Crippen LogP contribution < -0.4 is 0 Å². The van der Waals surface area contributed by atoms with Gasteiger partial charge in [-0.25, -0.2) is 4.79 Å². The summed E-state index contributed by atoms with van der Waals surface area (Å²) >= 11 is 0. The molecule has 16 heavy (non-hydrogen) atoms. The van der Waals surface area contributed by atoms with Crippen LogP contribution in [0.1, 0.15) is 27.0 Å². The average Bonchev–Trinajstić information content (AvgIpc) is 2.26. The van der Waals surface area contributed by atoms with Crippen LogP contribution in [0.25, 0.3) is 6.08 Å². The summed E-state index contributed by atoms with van der Waals surface area (Å²) in [7, 11) is 0. The quantitative estimate of drug-likeness (QED) is 0.615. The van der Waals surface area contributed by atoms with Crippen LogP contribution in [0.4, 0.5) is 0 Å². The normalized spacial score (nSPS) is 10.0. The Labute approximate surface area is 92.4 Å². The topological polar surface area (TPSA) is 78.2 Å². The van der Waals surface area contributed by atoms with E-state index in [4.69, 9.17) is 10.4 Å². The number of rotatable bonds is 3. The van der Waals surface area contributed by atoms with Gasteiger partial charge >= 0.3 is 5.97 Å². The summed E-state index contributed by atoms with van der Waals surface area (Å²) in [5, 5.41) is 17.3. The first kappa shape index (κ1) is 11.7. The molecular formula is C12H9NO3. The number of carboxylic acid groups (broad SMARTS) is 1. The molecule has 0 aliphatic heterocycles. The predicted molar refractivity (Wildman–Crippen MR) is 58.0 cm³/mol. The number of hydrogen-bond acceptors (Lipinski definition) is 3. The van der Waals surface area contributed by atoms with Gasteiger partial charge in [0.25, 0.3) is 0 Å². The summed E-state index contributed by atoms with van der Waals surface area (Å²) in [5.41, 5.74) is 1.81. The fraction of sp³-hybridized carbons (Fsp3) is 0.0833. The van der Waals surface area contributed by atoms with Crippen molar-refractivity contribution < 1.29 is 14.7 Å². The van der Waals surface area contributed by atoms with Gasteiger partial charge in [0.1, 0.15) is 0 Å². The molecule has 1 aromatic rings. The number of aliphatic carboxylic acids is 1. The predicted octanol–water partition coefficient (Wildman–Crippen LogP) is 1.78. The minimum Gasteiger partial charge on any atom is -0.478 e. The largest absolute Gasteiger partial charge is 0.478 e. The van der Waals surface area contributed by atoms with Gasteiger partial charge in [-0.1, -0.05) is 6.07 Å². The Morgan fingerprint density at radius 3 is 2.69 bits per heavy atom. The van der Waals surface area contributed by atoms with E-state index in [1.54, 1.807) is 19.1 Å². The van der Waals surface area contributed by atoms with E-state index < -0.39 is 5.97 Å². The molecule has 0 radical (unpaired) electrons. The molecule has 0 unspecified atom stereocenters. The molecule has 0 aliphatic rings. The Morgan fingerprint density at radius 1 is 1.50 bits per heavy atom. The summed E-state index contributed by atoms with van der Waals surface area (Å²) in [4.78, 5) is 21.2. The van der Waals surface area contributed by atoms with Crippen molar-refractivity contribution in [2.45, 2.75) is 6.92 Å². The Morgan fingerprint density at radius 2 is 2.19 bits per heavy atom. The molecular weight excluding hydrogens is 206 g/mol. The first-order valence-electron chi connectivity index (χ1n) is 4.50. The van der Waals surface area contributed by atoms with Gasteiger partial charge in [0.2, 0.25) is 0 Å². The Bertz CT molecular complexity index is 510. The van der Waals surface area contributed by atoms with Crippen molar-refractivity contribution in [3.8, 4) is 6.07 Å². The van der Waals surface area contributed by atoms with Crippen molar-refractivity contribution in [1.82, 2.24) is 0 Å². The second-order valence-electron chi connectivity index (χ2n) is 3.14. The maximum absolute atomic E-state index is 10.9. The molecule has 0 atom stereocenters. The minimum absolute atomic E-state index is 0.344. The Balaban J connectivity index is 3.33. The zero-order valence-electron chi connectivity index (χ0n) is 8.60. The van der Waals surface area contributed by atoms with Gasteiger partial charge in [-0.2, -0.15) is 5.26 Å². The third-order valence-corrected chi connectivity index (χ3v) is 2.19. The van der Waals surface area contributed by atoms with Crippen LogP contribution >= 0.6 is 0 Å². The summed E-state index contributed by atoms with van der Waals surface area (Å²) in [6.45, 7) is 1.65. The fourth-order valence-electron chi connectivity index (χ4n) is 1.33. The van der Waals surface area contributed by atoms with Crippen LogP contribution in [0.5, 0.6) is 0 Å². The molecule has 0 bridgehead atoms. The minimum atomic E-state index is -1.08. The van der Waals surface area contributed by atoms with E-state index in [2.05, 4.69) is 0 Å². The van der Waals surface area contributed by atoms with Crippen molar-refractivity contribution >= 4 is 18.3 Å². The maximum Gasteiger partial charge on any atom is 0.328 e. The lowest BCUT2D eigenvalue weighted by atomic mass is 9.98. The van der Waals surface area contributed by atoms with E-state index in [0.717, 1.165) is 6.08 Å². The van der Waals surface area contributed by atoms with E-state index in [0.29, 0.717) is 28.5 Å². The van der Waals surface area contributed by atoms with Crippen LogP contribution in [0, 0.1) is 18.3 Å². The van der Waals surface area contributed by atoms with Crippen LogP contribution in [-0.4, -0.2) is 17.4 Å². The molecule has 80 valence electrons. The maximum atomic E-state index is 10.9. The van der Waals surface area contributed by atoms with E-state index in [1.807, 2.05) is 6.07 Å². The van der Waals surface area contributed by atoms with Crippen LogP contribution in [0.15, 0.2) is 18.2 Å². The Hall–Kier alpha value is -2.41. The third-order valence-electron chi connectivity index (χ3n) is 2.19. The van der Waals surface area contributed by atoms with Crippen LogP contribution in [-0.2, 0) is 4.79 Å². The monoisotopic (exact) mass is 215 g/mol. The SMILES string of the molecule is Cc1c(C#N)ccc(/C=C/C(=O)O)c1C=O. The summed E-state index contributed by atoms with van der Waals surface area (Å²) in [6.07, 6.45) is 2.91. The van der Waals surface area contributed by atoms with Gasteiger partial charge in [0.05, 0.1) is 11.6 Å². The third kappa shape index (κ3) is 2.34. The van der Waals surface area contributed by atoms with Gasteiger partial charge in [0.15, 0.2) is 6.29 Å². The van der Waals surface area contributed by atoms with Crippen LogP contribution in [0.2, 0.25) is 0 Å². The highest BCUT2D eigenvalue weighted by atomic mass is 16.4. The molecule has 0 heterocycles. The zero-order valence-corrected chi connectivity index (χ0v) is 8.60. The lowest BCUT2D eigenvalue weighted by Crippen LogP contribution is -1.95. The van der Waals surface area contributed by atoms with Crippen molar-refractivity contribution in [1.29, 1.82) is 5.26 Å². The van der Waals surface area contributed by atoms with Gasteiger partial charge in [0, 0.05) is 11.6 Å². The second kappa shape index (κ2) is 4.89. The molecule has 1 rings (SSSR count). The second-order valence-corrected chi connectivity index (χ2v) is 3.14. The first-order valence-corrected chi connectivity index (χ1v) is 4.50. The molecule has 0 fully saturated rings. The van der Waals surface area contributed by atoms with Crippen LogP contribution in [0.3, 0.4) is 0 Å². The fourth-order valence-corrected chi connectivity index (χ4v) is 1.33. The highest BCUT2D eigenvalue weighted by Gasteiger charge is 2.07. The number of carbonyl (C=O) groups is 2. The van der Waals surface area contributed by atoms with E-state index in [9.17, 15) is 9.59 Å². The molecule has 0 saturated heterocycles. The van der Waals surface area contributed by atoms with Crippen molar-refractivity contribution in [2.24, 2.45) is 0 Å². The highest BCUT2D eigenvalue weighted by molar-refractivity contribution is 5.90. The summed E-state index contributed by atoms with van der Waals surface area (Å²) < 4.78 is 0. The van der Waals surface area contributed by atoms with Gasteiger partial charge in [-0.15, -0.1) is 0 Å². The molecule has 1 N–H and O–H groups in total. The number of nitriles is 1. The molecule has 0 spiro atoms. The molecule has 0 aromatic heterocycles. The molecule has 0 aliphatic carbocycles. The number of carbonyl (C=O) groups excluding carboxylic acids is 1. The van der Waals surface area contributed by atoms with Gasteiger partial charge in [-0.3, -0.25) is 4.79 Å². The van der Waals surface area contributed by atoms with Gasteiger partial charge in [-0.05, 0) is 30.2 Å². The van der Waals surface area contributed by atoms with Crippen molar-refractivity contribution in [3.05, 3.63) is 40.5 Å². The molecule has 4 heteroatoms. The highest BCUT2D eigenvalue weighted by Crippen LogP contribution is 2.17. The number of nitrogens with zero attached hydrogens (tertiary/aromatic N) is 1. The molecule has 0 amide bonds. The number of aldehydes is 1. The molecule has 1 aromatic carbocycles. The smallest absolute Gasteiger partial charge is 0.328 e. The Kier molecular flexibility index (Phi) is 3.57. The van der Waals surface area contributed by atoms with E-state index in [1.165, 1.54) is 6.08 Å². The summed E-state index contributed by atoms with van der Waals surface area (Å²) in [5.74, 6) is -1.08. The van der Waals surface area contributed by atoms with E-state index in [-0.39, 0.29) is 0 Å². The molecule has 4 nitrogen and oxygen atoms in total. The standard InChI is InChI=1S/C12H9NO3/c1-8-10(6-13)3-2-9(11(8)7-14)4-5-12(15)16/h2-5,7H,1H3,(H,15,16)/b5-4+. The summed E-state index contributed by atoms with van der Waals surface area (Å²) in [6, 6.07) is 5.07. The number of hydrogen-bond donors (Lipinski definition) is 1. The number of carboxylic acids is 1. The van der Waals surface area contributed by atoms with Crippen molar-refractivity contribution in [2.75, 3.05) is 0 Å². The number of benzene rings is 1. The van der Waals surface area contributed by atoms with Gasteiger partial charge < -0.3 is 5.11 Å². The molecule has 0 saturated carbocycles.